The normalized spacial score (nSPS) is 13.3. The molecule has 0 unspecified atom stereocenters. The second-order valence-corrected chi connectivity index (χ2v) is 5.53. The van der Waals surface area contributed by atoms with Gasteiger partial charge in [-0.15, -0.1) is 0 Å². The summed E-state index contributed by atoms with van der Waals surface area (Å²) in [7, 11) is -3.52. The van der Waals surface area contributed by atoms with Crippen LogP contribution in [-0.2, 0) is 10.0 Å². The first-order valence-electron chi connectivity index (χ1n) is 5.29. The minimum Gasteiger partial charge on any atom is -0.366 e. The highest BCUT2D eigenvalue weighted by Gasteiger charge is 2.16. The summed E-state index contributed by atoms with van der Waals surface area (Å²) in [4.78, 5) is 11.0. The first-order chi connectivity index (χ1) is 7.86. The zero-order valence-electron chi connectivity index (χ0n) is 9.80. The molecule has 0 fully saturated rings. The van der Waals surface area contributed by atoms with E-state index < -0.39 is 15.9 Å². The van der Waals surface area contributed by atoms with Crippen molar-refractivity contribution in [3.05, 3.63) is 29.8 Å². The number of sulfonamides is 1. The number of carbonyl (C=O) groups excluding carboxylic acids is 1. The largest absolute Gasteiger partial charge is 0.366 e. The molecule has 0 aromatic heterocycles. The number of rotatable bonds is 5. The molecule has 3 N–H and O–H groups in total. The summed E-state index contributed by atoms with van der Waals surface area (Å²) in [6.07, 6.45) is 0.707. The van der Waals surface area contributed by atoms with Crippen LogP contribution in [0.2, 0.25) is 0 Å². The standard InChI is InChI=1S/C11H16N2O3S/c1-3-8(2)13-17(15,16)10-6-4-9(5-7-10)11(12)14/h4-8,13H,3H2,1-2H3,(H2,12,14)/t8-/m0/s1. The lowest BCUT2D eigenvalue weighted by Crippen LogP contribution is -2.32. The Morgan fingerprint density at radius 1 is 1.35 bits per heavy atom. The van der Waals surface area contributed by atoms with E-state index in [0.29, 0.717) is 6.42 Å². The zero-order valence-corrected chi connectivity index (χ0v) is 10.6. The van der Waals surface area contributed by atoms with Crippen LogP contribution in [0, 0.1) is 0 Å². The average Bonchev–Trinajstić information content (AvgIpc) is 2.28. The minimum absolute atomic E-state index is 0.128. The van der Waals surface area contributed by atoms with Gasteiger partial charge >= 0.3 is 0 Å². The van der Waals surface area contributed by atoms with Crippen LogP contribution in [-0.4, -0.2) is 20.4 Å². The van der Waals surface area contributed by atoms with Crippen LogP contribution in [0.15, 0.2) is 29.2 Å². The number of carbonyl (C=O) groups is 1. The van der Waals surface area contributed by atoms with Gasteiger partial charge in [-0.05, 0) is 37.6 Å². The molecule has 1 atom stereocenters. The van der Waals surface area contributed by atoms with Crippen LogP contribution >= 0.6 is 0 Å². The van der Waals surface area contributed by atoms with Gasteiger partial charge in [0.05, 0.1) is 4.90 Å². The maximum atomic E-state index is 11.9. The number of nitrogens with two attached hydrogens (primary N) is 1. The van der Waals surface area contributed by atoms with Crippen LogP contribution in [0.1, 0.15) is 30.6 Å². The van der Waals surface area contributed by atoms with Gasteiger partial charge < -0.3 is 5.73 Å². The van der Waals surface area contributed by atoms with Gasteiger partial charge in [0.25, 0.3) is 0 Å². The van der Waals surface area contributed by atoms with Crippen molar-refractivity contribution in [3.8, 4) is 0 Å². The zero-order chi connectivity index (χ0) is 13.1. The smallest absolute Gasteiger partial charge is 0.248 e. The topological polar surface area (TPSA) is 89.3 Å². The van der Waals surface area contributed by atoms with E-state index in [4.69, 9.17) is 5.73 Å². The molecule has 0 aliphatic rings. The van der Waals surface area contributed by atoms with Crippen molar-refractivity contribution >= 4 is 15.9 Å². The van der Waals surface area contributed by atoms with E-state index in [9.17, 15) is 13.2 Å². The summed E-state index contributed by atoms with van der Waals surface area (Å²) in [5.74, 6) is -0.580. The third kappa shape index (κ3) is 3.54. The molecule has 0 heterocycles. The lowest BCUT2D eigenvalue weighted by Gasteiger charge is -2.12. The summed E-state index contributed by atoms with van der Waals surface area (Å²) in [6.45, 7) is 3.68. The number of nitrogens with one attached hydrogen (secondary N) is 1. The van der Waals surface area contributed by atoms with Gasteiger partial charge in [-0.3, -0.25) is 4.79 Å². The van der Waals surface area contributed by atoms with Crippen LogP contribution < -0.4 is 10.5 Å². The van der Waals surface area contributed by atoms with Crippen molar-refractivity contribution in [1.29, 1.82) is 0 Å². The average molecular weight is 256 g/mol. The molecule has 0 radical (unpaired) electrons. The third-order valence-corrected chi connectivity index (χ3v) is 4.02. The predicted octanol–water partition coefficient (Wildman–Crippen LogP) is 0.862. The van der Waals surface area contributed by atoms with Crippen molar-refractivity contribution in [2.75, 3.05) is 0 Å². The lowest BCUT2D eigenvalue weighted by atomic mass is 10.2. The summed E-state index contributed by atoms with van der Waals surface area (Å²) >= 11 is 0. The fourth-order valence-corrected chi connectivity index (χ4v) is 2.54. The fraction of sp³-hybridized carbons (Fsp3) is 0.364. The van der Waals surface area contributed by atoms with Gasteiger partial charge in [0, 0.05) is 11.6 Å². The number of hydrogen-bond donors (Lipinski definition) is 2. The van der Waals surface area contributed by atoms with E-state index in [1.54, 1.807) is 6.92 Å². The van der Waals surface area contributed by atoms with Crippen molar-refractivity contribution in [3.63, 3.8) is 0 Å². The van der Waals surface area contributed by atoms with E-state index >= 15 is 0 Å². The van der Waals surface area contributed by atoms with Crippen LogP contribution in [0.3, 0.4) is 0 Å². The molecular weight excluding hydrogens is 240 g/mol. The quantitative estimate of drug-likeness (QED) is 0.819. The molecule has 1 aromatic carbocycles. The molecule has 1 rings (SSSR count). The van der Waals surface area contributed by atoms with Crippen LogP contribution in [0.5, 0.6) is 0 Å². The predicted molar refractivity (Wildman–Crippen MR) is 65.0 cm³/mol. The number of amides is 1. The molecular formula is C11H16N2O3S. The van der Waals surface area contributed by atoms with Crippen molar-refractivity contribution in [2.45, 2.75) is 31.2 Å². The van der Waals surface area contributed by atoms with E-state index in [1.165, 1.54) is 24.3 Å². The molecule has 0 saturated carbocycles. The second-order valence-electron chi connectivity index (χ2n) is 3.82. The summed E-state index contributed by atoms with van der Waals surface area (Å²) in [5.41, 5.74) is 5.36. The molecule has 1 aromatic rings. The monoisotopic (exact) mass is 256 g/mol. The first-order valence-corrected chi connectivity index (χ1v) is 6.77. The van der Waals surface area contributed by atoms with Gasteiger partial charge in [-0.2, -0.15) is 0 Å². The highest BCUT2D eigenvalue weighted by Crippen LogP contribution is 2.11. The highest BCUT2D eigenvalue weighted by atomic mass is 32.2. The Morgan fingerprint density at radius 2 is 1.88 bits per heavy atom. The van der Waals surface area contributed by atoms with Gasteiger partial charge in [-0.25, -0.2) is 13.1 Å². The van der Waals surface area contributed by atoms with Crippen molar-refractivity contribution in [2.24, 2.45) is 5.73 Å². The Balaban J connectivity index is 2.96. The second kappa shape index (κ2) is 5.29. The van der Waals surface area contributed by atoms with Gasteiger partial charge in [-0.1, -0.05) is 6.92 Å². The summed E-state index contributed by atoms with van der Waals surface area (Å²) < 4.78 is 26.2. The Bertz CT molecular complexity index is 494. The van der Waals surface area contributed by atoms with E-state index in [2.05, 4.69) is 4.72 Å². The molecule has 1 amide bonds. The summed E-state index contributed by atoms with van der Waals surface area (Å²) in [6, 6.07) is 5.40. The third-order valence-electron chi connectivity index (χ3n) is 2.42. The first kappa shape index (κ1) is 13.7. The Kier molecular flexibility index (Phi) is 4.25. The van der Waals surface area contributed by atoms with E-state index in [-0.39, 0.29) is 16.5 Å². The molecule has 0 aliphatic heterocycles. The molecule has 5 nitrogen and oxygen atoms in total. The molecule has 0 saturated heterocycles. The molecule has 6 heteroatoms. The van der Waals surface area contributed by atoms with Gasteiger partial charge in [0.2, 0.25) is 15.9 Å². The van der Waals surface area contributed by atoms with Gasteiger partial charge in [0.15, 0.2) is 0 Å². The summed E-state index contributed by atoms with van der Waals surface area (Å²) in [5, 5.41) is 0. The molecule has 0 aliphatic carbocycles. The SMILES string of the molecule is CC[C@H](C)NS(=O)(=O)c1ccc(C(N)=O)cc1. The number of hydrogen-bond acceptors (Lipinski definition) is 3. The molecule has 0 spiro atoms. The number of primary amides is 1. The van der Waals surface area contributed by atoms with Crippen molar-refractivity contribution < 1.29 is 13.2 Å². The molecule has 0 bridgehead atoms. The Labute approximate surface area is 101 Å². The minimum atomic E-state index is -3.52. The van der Waals surface area contributed by atoms with Crippen LogP contribution in [0.4, 0.5) is 0 Å². The fourth-order valence-electron chi connectivity index (χ4n) is 1.21. The molecule has 17 heavy (non-hydrogen) atoms. The van der Waals surface area contributed by atoms with Gasteiger partial charge in [0.1, 0.15) is 0 Å². The Hall–Kier alpha value is -1.40. The number of benzene rings is 1. The lowest BCUT2D eigenvalue weighted by molar-refractivity contribution is 0.1000. The molecule has 94 valence electrons. The van der Waals surface area contributed by atoms with Crippen LogP contribution in [0.25, 0.3) is 0 Å². The maximum Gasteiger partial charge on any atom is 0.248 e. The Morgan fingerprint density at radius 3 is 2.29 bits per heavy atom. The van der Waals surface area contributed by atoms with E-state index in [1.807, 2.05) is 6.92 Å². The maximum absolute atomic E-state index is 11.9. The van der Waals surface area contributed by atoms with E-state index in [0.717, 1.165) is 0 Å². The highest BCUT2D eigenvalue weighted by molar-refractivity contribution is 7.89. The van der Waals surface area contributed by atoms with Crippen molar-refractivity contribution in [1.82, 2.24) is 4.72 Å².